The molecule has 5 heteroatoms. The second kappa shape index (κ2) is 9.35. The number of ether oxygens (including phenoxy) is 1. The molecule has 0 radical (unpaired) electrons. The highest BCUT2D eigenvalue weighted by atomic mass is 16.5. The van der Waals surface area contributed by atoms with Crippen LogP contribution < -0.4 is 4.74 Å². The first-order valence-corrected chi connectivity index (χ1v) is 11.9. The lowest BCUT2D eigenvalue weighted by Gasteiger charge is -2.27. The van der Waals surface area contributed by atoms with Gasteiger partial charge in [0.1, 0.15) is 11.5 Å². The molecule has 0 bridgehead atoms. The van der Waals surface area contributed by atoms with E-state index in [2.05, 4.69) is 9.47 Å². The summed E-state index contributed by atoms with van der Waals surface area (Å²) >= 11 is 0. The minimum Gasteiger partial charge on any atom is -0.508 e. The maximum Gasteiger partial charge on any atom is 0.162 e. The molecule has 34 heavy (non-hydrogen) atoms. The number of hydrogen-bond donors (Lipinski definition) is 1. The van der Waals surface area contributed by atoms with Crippen LogP contribution in [0.25, 0.3) is 27.8 Å². The van der Waals surface area contributed by atoms with Crippen molar-refractivity contribution in [3.8, 4) is 28.4 Å². The van der Waals surface area contributed by atoms with E-state index in [4.69, 9.17) is 4.74 Å². The summed E-state index contributed by atoms with van der Waals surface area (Å²) in [5.74, 6) is 0.988. The monoisotopic (exact) mass is 454 g/mol. The van der Waals surface area contributed by atoms with E-state index in [0.717, 1.165) is 52.3 Å². The number of rotatable bonds is 6. The van der Waals surface area contributed by atoms with Gasteiger partial charge in [0.2, 0.25) is 0 Å². The summed E-state index contributed by atoms with van der Waals surface area (Å²) in [6.07, 6.45) is 3.58. The molecule has 0 spiro atoms. The first-order chi connectivity index (χ1) is 16.6. The molecule has 1 fully saturated rings. The number of methoxy groups -OCH3 is 1. The van der Waals surface area contributed by atoms with Crippen LogP contribution >= 0.6 is 0 Å². The highest BCUT2D eigenvalue weighted by molar-refractivity contribution is 6.15. The standard InChI is InChI=1S/C29H30N2O3/c1-20(32)27-28-24(19-30-17-7-4-8-18-30)26(33)16-15-25(28)31(22-9-5-3-6-10-22)29(27)21-11-13-23(34-2)14-12-21/h3,5-6,9-16,33H,4,7-8,17-19H2,1-2H3. The van der Waals surface area contributed by atoms with E-state index in [1.165, 1.54) is 19.3 Å². The number of para-hydroxylation sites is 1. The highest BCUT2D eigenvalue weighted by Crippen LogP contribution is 2.41. The van der Waals surface area contributed by atoms with Crippen molar-refractivity contribution in [3.05, 3.63) is 77.9 Å². The topological polar surface area (TPSA) is 54.7 Å². The largest absolute Gasteiger partial charge is 0.508 e. The van der Waals surface area contributed by atoms with E-state index in [0.29, 0.717) is 12.1 Å². The van der Waals surface area contributed by atoms with Crippen molar-refractivity contribution in [2.45, 2.75) is 32.7 Å². The third kappa shape index (κ3) is 3.97. The molecule has 0 amide bonds. The van der Waals surface area contributed by atoms with Crippen LogP contribution in [0.4, 0.5) is 0 Å². The summed E-state index contributed by atoms with van der Waals surface area (Å²) in [4.78, 5) is 15.6. The number of aromatic nitrogens is 1. The summed E-state index contributed by atoms with van der Waals surface area (Å²) in [5.41, 5.74) is 5.13. The zero-order chi connectivity index (χ0) is 23.7. The van der Waals surface area contributed by atoms with Crippen LogP contribution in [0.3, 0.4) is 0 Å². The third-order valence-electron chi connectivity index (χ3n) is 6.78. The Morgan fingerprint density at radius 1 is 0.941 bits per heavy atom. The van der Waals surface area contributed by atoms with Gasteiger partial charge >= 0.3 is 0 Å². The second-order valence-corrected chi connectivity index (χ2v) is 8.97. The molecule has 0 unspecified atom stereocenters. The third-order valence-corrected chi connectivity index (χ3v) is 6.78. The fourth-order valence-electron chi connectivity index (χ4n) is 5.15. The van der Waals surface area contributed by atoms with E-state index in [1.54, 1.807) is 20.1 Å². The van der Waals surface area contributed by atoms with Crippen LogP contribution in [0.15, 0.2) is 66.7 Å². The maximum atomic E-state index is 13.2. The van der Waals surface area contributed by atoms with Crippen molar-refractivity contribution in [1.82, 2.24) is 9.47 Å². The number of fused-ring (bicyclic) bond motifs is 1. The smallest absolute Gasteiger partial charge is 0.162 e. The Bertz CT molecular complexity index is 1320. The lowest BCUT2D eigenvalue weighted by molar-refractivity contribution is 0.101. The Labute approximate surface area is 200 Å². The van der Waals surface area contributed by atoms with Crippen LogP contribution in [0.2, 0.25) is 0 Å². The fourth-order valence-corrected chi connectivity index (χ4v) is 5.15. The van der Waals surface area contributed by atoms with E-state index in [-0.39, 0.29) is 11.5 Å². The van der Waals surface area contributed by atoms with Gasteiger partial charge < -0.3 is 14.4 Å². The molecule has 4 aromatic rings. The summed E-state index contributed by atoms with van der Waals surface area (Å²) in [5, 5.41) is 11.8. The van der Waals surface area contributed by atoms with Crippen molar-refractivity contribution in [1.29, 1.82) is 0 Å². The van der Waals surface area contributed by atoms with Gasteiger partial charge in [-0.05, 0) is 86.9 Å². The Morgan fingerprint density at radius 2 is 1.65 bits per heavy atom. The van der Waals surface area contributed by atoms with Gasteiger partial charge in [0.15, 0.2) is 5.78 Å². The highest BCUT2D eigenvalue weighted by Gasteiger charge is 2.27. The number of hydrogen-bond acceptors (Lipinski definition) is 4. The normalized spacial score (nSPS) is 14.4. The summed E-state index contributed by atoms with van der Waals surface area (Å²) in [7, 11) is 1.65. The number of benzene rings is 3. The van der Waals surface area contributed by atoms with Gasteiger partial charge in [0, 0.05) is 23.2 Å². The molecule has 0 atom stereocenters. The van der Waals surface area contributed by atoms with Gasteiger partial charge in [0.05, 0.1) is 23.9 Å². The number of likely N-dealkylation sites (tertiary alicyclic amines) is 1. The molecular formula is C29H30N2O3. The first kappa shape index (κ1) is 22.2. The van der Waals surface area contributed by atoms with Crippen molar-refractivity contribution in [3.63, 3.8) is 0 Å². The molecule has 1 N–H and O–H groups in total. The minimum atomic E-state index is -0.0176. The van der Waals surface area contributed by atoms with Gasteiger partial charge in [-0.25, -0.2) is 0 Å². The molecule has 5 nitrogen and oxygen atoms in total. The average Bonchev–Trinajstić information content (AvgIpc) is 3.23. The van der Waals surface area contributed by atoms with E-state index in [1.807, 2.05) is 60.7 Å². The number of ketones is 1. The van der Waals surface area contributed by atoms with Crippen molar-refractivity contribution in [2.24, 2.45) is 0 Å². The summed E-state index contributed by atoms with van der Waals surface area (Å²) < 4.78 is 7.51. The van der Waals surface area contributed by atoms with E-state index in [9.17, 15) is 9.90 Å². The molecule has 174 valence electrons. The Hall–Kier alpha value is -3.57. The number of Topliss-reactive ketones (excluding diaryl/α,β-unsaturated/α-hetero) is 1. The molecule has 1 aliphatic heterocycles. The van der Waals surface area contributed by atoms with Crippen LogP contribution in [0.5, 0.6) is 11.5 Å². The van der Waals surface area contributed by atoms with Crippen LogP contribution in [-0.4, -0.2) is 40.6 Å². The lowest BCUT2D eigenvalue weighted by atomic mass is 9.97. The van der Waals surface area contributed by atoms with Gasteiger partial charge in [-0.15, -0.1) is 0 Å². The number of nitrogens with zero attached hydrogens (tertiary/aromatic N) is 2. The molecule has 5 rings (SSSR count). The predicted octanol–water partition coefficient (Wildman–Crippen LogP) is 6.20. The van der Waals surface area contributed by atoms with Gasteiger partial charge in [-0.3, -0.25) is 9.69 Å². The molecule has 3 aromatic carbocycles. The van der Waals surface area contributed by atoms with E-state index >= 15 is 0 Å². The number of phenolic OH excluding ortho intramolecular Hbond substituents is 1. The van der Waals surface area contributed by atoms with Crippen molar-refractivity contribution in [2.75, 3.05) is 20.2 Å². The van der Waals surface area contributed by atoms with Gasteiger partial charge in [-0.2, -0.15) is 0 Å². The van der Waals surface area contributed by atoms with Crippen molar-refractivity contribution < 1.29 is 14.6 Å². The van der Waals surface area contributed by atoms with Crippen LogP contribution in [0.1, 0.15) is 42.1 Å². The summed E-state index contributed by atoms with van der Waals surface area (Å²) in [6, 6.07) is 21.6. The number of aromatic hydroxyl groups is 1. The Balaban J connectivity index is 1.83. The maximum absolute atomic E-state index is 13.2. The van der Waals surface area contributed by atoms with Crippen LogP contribution in [0, 0.1) is 0 Å². The van der Waals surface area contributed by atoms with E-state index < -0.39 is 0 Å². The summed E-state index contributed by atoms with van der Waals surface area (Å²) in [6.45, 7) is 4.27. The number of carbonyl (C=O) groups excluding carboxylic acids is 1. The first-order valence-electron chi connectivity index (χ1n) is 11.9. The molecule has 0 saturated carbocycles. The zero-order valence-electron chi connectivity index (χ0n) is 19.8. The number of carbonyl (C=O) groups is 1. The fraction of sp³-hybridized carbons (Fsp3) is 0.276. The second-order valence-electron chi connectivity index (χ2n) is 8.97. The molecular weight excluding hydrogens is 424 g/mol. The predicted molar refractivity (Wildman–Crippen MR) is 136 cm³/mol. The molecule has 1 saturated heterocycles. The zero-order valence-corrected chi connectivity index (χ0v) is 19.8. The molecule has 0 aliphatic carbocycles. The molecule has 2 heterocycles. The number of phenols is 1. The lowest BCUT2D eigenvalue weighted by Crippen LogP contribution is -2.29. The van der Waals surface area contributed by atoms with Crippen molar-refractivity contribution >= 4 is 16.7 Å². The Morgan fingerprint density at radius 3 is 2.29 bits per heavy atom. The van der Waals surface area contributed by atoms with Gasteiger partial charge in [0.25, 0.3) is 0 Å². The Kier molecular flexibility index (Phi) is 6.12. The minimum absolute atomic E-state index is 0.0176. The SMILES string of the molecule is COc1ccc(-c2c(C(C)=O)c3c(CN4CCCCC4)c(O)ccc3n2-c2ccccc2)cc1. The van der Waals surface area contributed by atoms with Crippen LogP contribution in [-0.2, 0) is 6.54 Å². The quantitative estimate of drug-likeness (QED) is 0.353. The van der Waals surface area contributed by atoms with Gasteiger partial charge in [-0.1, -0.05) is 24.6 Å². The molecule has 1 aliphatic rings. The average molecular weight is 455 g/mol. The molecule has 1 aromatic heterocycles. The number of piperidine rings is 1.